The predicted octanol–water partition coefficient (Wildman–Crippen LogP) is 3.88. The molecule has 0 fully saturated rings. The van der Waals surface area contributed by atoms with Gasteiger partial charge in [-0.3, -0.25) is 16.0 Å². The predicted molar refractivity (Wildman–Crippen MR) is 84.4 cm³/mol. The molecule has 0 aliphatic heterocycles. The van der Waals surface area contributed by atoms with Gasteiger partial charge in [-0.15, -0.1) is 0 Å². The fraction of sp³-hybridized carbons (Fsp3) is 0.0769. The lowest BCUT2D eigenvalue weighted by atomic mass is 10.1. The molecule has 0 aliphatic carbocycles. The number of nitrogen functional groups attached to an aromatic ring is 1. The molecule has 8 heteroatoms. The number of benzene rings is 2. The zero-order valence-corrected chi connectivity index (χ0v) is 13.0. The van der Waals surface area contributed by atoms with Gasteiger partial charge < -0.3 is 10.2 Å². The van der Waals surface area contributed by atoms with Crippen LogP contribution in [0.5, 0.6) is 5.75 Å². The number of hydrazine groups is 1. The van der Waals surface area contributed by atoms with Gasteiger partial charge in [0, 0.05) is 22.2 Å². The van der Waals surface area contributed by atoms with Gasteiger partial charge in [-0.2, -0.15) is 0 Å². The highest BCUT2D eigenvalue weighted by molar-refractivity contribution is 9.10. The van der Waals surface area contributed by atoms with Crippen LogP contribution in [0.1, 0.15) is 5.56 Å². The lowest BCUT2D eigenvalue weighted by Gasteiger charge is -2.11. The molecule has 3 N–H and O–H groups in total. The van der Waals surface area contributed by atoms with Crippen LogP contribution in [0.15, 0.2) is 40.9 Å². The molecule has 6 nitrogen and oxygen atoms in total. The summed E-state index contributed by atoms with van der Waals surface area (Å²) in [4.78, 5) is 10.3. The van der Waals surface area contributed by atoms with Gasteiger partial charge in [-0.25, -0.2) is 0 Å². The molecule has 2 aromatic rings. The van der Waals surface area contributed by atoms with Crippen molar-refractivity contribution in [3.63, 3.8) is 0 Å². The number of non-ortho nitro benzene ring substituents is 1. The van der Waals surface area contributed by atoms with E-state index in [4.69, 9.17) is 22.2 Å². The third-order valence-electron chi connectivity index (χ3n) is 2.73. The summed E-state index contributed by atoms with van der Waals surface area (Å²) in [6.07, 6.45) is 0. The molecule has 0 aromatic heterocycles. The van der Waals surface area contributed by atoms with Crippen LogP contribution in [0.2, 0.25) is 5.02 Å². The molecule has 21 heavy (non-hydrogen) atoms. The Morgan fingerprint density at radius 3 is 2.76 bits per heavy atom. The number of nitro groups is 1. The smallest absolute Gasteiger partial charge is 0.269 e. The summed E-state index contributed by atoms with van der Waals surface area (Å²) in [6.45, 7) is 0.0946. The second-order valence-electron chi connectivity index (χ2n) is 4.11. The Kier molecular flexibility index (Phi) is 5.00. The van der Waals surface area contributed by atoms with E-state index >= 15 is 0 Å². The topological polar surface area (TPSA) is 90.4 Å². The summed E-state index contributed by atoms with van der Waals surface area (Å²) < 4.78 is 6.42. The fourth-order valence-corrected chi connectivity index (χ4v) is 2.21. The lowest BCUT2D eigenvalue weighted by Crippen LogP contribution is -2.11. The van der Waals surface area contributed by atoms with Gasteiger partial charge in [0.05, 0.1) is 15.6 Å². The second kappa shape index (κ2) is 6.75. The number of halogens is 2. The van der Waals surface area contributed by atoms with E-state index in [0.717, 1.165) is 4.47 Å². The van der Waals surface area contributed by atoms with Gasteiger partial charge in [-0.05, 0) is 24.3 Å². The fourth-order valence-electron chi connectivity index (χ4n) is 1.70. The van der Waals surface area contributed by atoms with E-state index in [1.807, 2.05) is 0 Å². The maximum absolute atomic E-state index is 10.8. The van der Waals surface area contributed by atoms with Gasteiger partial charge >= 0.3 is 0 Å². The van der Waals surface area contributed by atoms with Crippen molar-refractivity contribution < 1.29 is 9.66 Å². The number of ether oxygens (including phenoxy) is 1. The van der Waals surface area contributed by atoms with E-state index in [1.54, 1.807) is 18.2 Å². The molecule has 0 spiro atoms. The molecule has 0 aliphatic rings. The van der Waals surface area contributed by atoms with Gasteiger partial charge in [0.15, 0.2) is 0 Å². The zero-order chi connectivity index (χ0) is 15.4. The van der Waals surface area contributed by atoms with E-state index < -0.39 is 4.92 Å². The van der Waals surface area contributed by atoms with E-state index in [-0.39, 0.29) is 12.3 Å². The molecule has 0 atom stereocenters. The number of rotatable bonds is 5. The van der Waals surface area contributed by atoms with Crippen LogP contribution in [0.4, 0.5) is 11.4 Å². The second-order valence-corrected chi connectivity index (χ2v) is 5.43. The lowest BCUT2D eigenvalue weighted by molar-refractivity contribution is -0.384. The van der Waals surface area contributed by atoms with Gasteiger partial charge in [0.25, 0.3) is 5.69 Å². The van der Waals surface area contributed by atoms with Crippen molar-refractivity contribution in [2.75, 3.05) is 5.43 Å². The summed E-state index contributed by atoms with van der Waals surface area (Å²) in [6, 6.07) is 9.49. The monoisotopic (exact) mass is 371 g/mol. The number of nitrogens with two attached hydrogens (primary N) is 1. The minimum atomic E-state index is -0.476. The highest BCUT2D eigenvalue weighted by Gasteiger charge is 2.12. The van der Waals surface area contributed by atoms with Crippen molar-refractivity contribution in [3.05, 3.63) is 61.6 Å². The van der Waals surface area contributed by atoms with Crippen LogP contribution in [0.3, 0.4) is 0 Å². The molecule has 0 saturated carbocycles. The van der Waals surface area contributed by atoms with Crippen molar-refractivity contribution in [2.45, 2.75) is 6.61 Å². The van der Waals surface area contributed by atoms with Gasteiger partial charge in [-0.1, -0.05) is 27.5 Å². The van der Waals surface area contributed by atoms with Crippen LogP contribution in [0, 0.1) is 10.1 Å². The number of anilines is 1. The van der Waals surface area contributed by atoms with E-state index in [1.165, 1.54) is 18.2 Å². The molecular formula is C13H11BrClN3O3. The van der Waals surface area contributed by atoms with E-state index in [0.29, 0.717) is 22.0 Å². The summed E-state index contributed by atoms with van der Waals surface area (Å²) in [7, 11) is 0. The third kappa shape index (κ3) is 3.84. The van der Waals surface area contributed by atoms with Crippen molar-refractivity contribution >= 4 is 38.9 Å². The summed E-state index contributed by atoms with van der Waals surface area (Å²) in [5, 5.41) is 11.3. The molecule has 2 aromatic carbocycles. The SMILES string of the molecule is NNc1ccc([N+](=O)[O-])cc1COc1cc(Br)ccc1Cl. The van der Waals surface area contributed by atoms with Crippen molar-refractivity contribution in [3.8, 4) is 5.75 Å². The first-order chi connectivity index (χ1) is 10.0. The molecule has 2 rings (SSSR count). The van der Waals surface area contributed by atoms with Crippen LogP contribution >= 0.6 is 27.5 Å². The van der Waals surface area contributed by atoms with Crippen LogP contribution in [0.25, 0.3) is 0 Å². The van der Waals surface area contributed by atoms with Crippen molar-refractivity contribution in [1.29, 1.82) is 0 Å². The normalized spacial score (nSPS) is 10.2. The van der Waals surface area contributed by atoms with Crippen LogP contribution in [-0.4, -0.2) is 4.92 Å². The Balaban J connectivity index is 2.24. The molecule has 0 amide bonds. The molecule has 0 unspecified atom stereocenters. The first-order valence-electron chi connectivity index (χ1n) is 5.83. The molecule has 0 bridgehead atoms. The Hall–Kier alpha value is -1.83. The third-order valence-corrected chi connectivity index (χ3v) is 3.54. The summed E-state index contributed by atoms with van der Waals surface area (Å²) >= 11 is 9.34. The molecule has 0 radical (unpaired) electrons. The molecule has 0 heterocycles. The van der Waals surface area contributed by atoms with Crippen molar-refractivity contribution in [2.24, 2.45) is 5.84 Å². The zero-order valence-electron chi connectivity index (χ0n) is 10.7. The number of nitrogens with one attached hydrogen (secondary N) is 1. The van der Waals surface area contributed by atoms with Gasteiger partial charge in [0.1, 0.15) is 12.4 Å². The molecular weight excluding hydrogens is 362 g/mol. The number of nitro benzene ring substituents is 1. The first-order valence-corrected chi connectivity index (χ1v) is 7.00. The number of hydrogen-bond donors (Lipinski definition) is 2. The molecule has 0 saturated heterocycles. The minimum Gasteiger partial charge on any atom is -0.487 e. The molecule has 110 valence electrons. The average Bonchev–Trinajstić information content (AvgIpc) is 2.47. The Bertz CT molecular complexity index is 682. The highest BCUT2D eigenvalue weighted by Crippen LogP contribution is 2.30. The largest absolute Gasteiger partial charge is 0.487 e. The summed E-state index contributed by atoms with van der Waals surface area (Å²) in [5.41, 5.74) is 3.55. The quantitative estimate of drug-likeness (QED) is 0.472. The Morgan fingerprint density at radius 1 is 1.33 bits per heavy atom. The minimum absolute atomic E-state index is 0.0343. The van der Waals surface area contributed by atoms with E-state index in [2.05, 4.69) is 21.4 Å². The first kappa shape index (κ1) is 15.6. The average molecular weight is 373 g/mol. The van der Waals surface area contributed by atoms with Gasteiger partial charge in [0.2, 0.25) is 0 Å². The van der Waals surface area contributed by atoms with E-state index in [9.17, 15) is 10.1 Å². The summed E-state index contributed by atoms with van der Waals surface area (Å²) in [5.74, 6) is 5.86. The van der Waals surface area contributed by atoms with Crippen molar-refractivity contribution in [1.82, 2.24) is 0 Å². The van der Waals surface area contributed by atoms with Crippen LogP contribution in [-0.2, 0) is 6.61 Å². The highest BCUT2D eigenvalue weighted by atomic mass is 79.9. The number of nitrogens with zero attached hydrogens (tertiary/aromatic N) is 1. The number of hydrogen-bond acceptors (Lipinski definition) is 5. The maximum atomic E-state index is 10.8. The Morgan fingerprint density at radius 2 is 2.10 bits per heavy atom. The van der Waals surface area contributed by atoms with Crippen LogP contribution < -0.4 is 16.0 Å². The maximum Gasteiger partial charge on any atom is 0.269 e. The standard InChI is InChI=1S/C13H11BrClN3O3/c14-9-1-3-11(15)13(6-9)21-7-8-5-10(18(19)20)2-4-12(8)17-16/h1-6,17H,7,16H2. The Labute approximate surface area is 134 Å².